The third-order valence-electron chi connectivity index (χ3n) is 5.77. The molecule has 2 aliphatic heterocycles. The Hall–Kier alpha value is -2.04. The Bertz CT molecular complexity index is 839. The smallest absolute Gasteiger partial charge is 0.229 e. The number of methoxy groups -OCH3 is 3. The number of hydrogen-bond acceptors (Lipinski definition) is 13. The minimum Gasteiger partial charge on any atom is -0.493 e. The van der Waals surface area contributed by atoms with Gasteiger partial charge in [0.25, 0.3) is 0 Å². The lowest BCUT2D eigenvalue weighted by molar-refractivity contribution is -0.316. The molecule has 0 aromatic heterocycles. The van der Waals surface area contributed by atoms with Gasteiger partial charge in [-0.15, -0.1) is 0 Å². The van der Waals surface area contributed by atoms with Gasteiger partial charge in [0, 0.05) is 7.11 Å². The summed E-state index contributed by atoms with van der Waals surface area (Å²) < 4.78 is 37.8. The maximum Gasteiger partial charge on any atom is 0.229 e. The number of hydrogen-bond donors (Lipinski definition) is 6. The maximum atomic E-state index is 10.9. The summed E-state index contributed by atoms with van der Waals surface area (Å²) in [6.45, 7) is -1.24. The van der Waals surface area contributed by atoms with Crippen molar-refractivity contribution in [2.45, 2.75) is 48.9 Å². The van der Waals surface area contributed by atoms with Crippen molar-refractivity contribution in [3.8, 4) is 17.2 Å². The van der Waals surface area contributed by atoms with E-state index in [1.54, 1.807) is 18.2 Å². The van der Waals surface area contributed by atoms with Crippen molar-refractivity contribution in [2.24, 2.45) is 0 Å². The molecule has 1 aromatic carbocycles. The maximum absolute atomic E-state index is 10.9. The number of benzene rings is 1. The van der Waals surface area contributed by atoms with E-state index >= 15 is 0 Å². The van der Waals surface area contributed by atoms with Gasteiger partial charge in [0.15, 0.2) is 23.9 Å². The molecule has 13 nitrogen and oxygen atoms in total. The van der Waals surface area contributed by atoms with Crippen LogP contribution in [0.5, 0.6) is 17.2 Å². The average molecular weight is 504 g/mol. The molecule has 0 amide bonds. The van der Waals surface area contributed by atoms with Crippen LogP contribution in [0.2, 0.25) is 0 Å². The molecule has 0 saturated carbocycles. The number of aliphatic hydroxyl groups excluding tert-OH is 5. The SMILES string of the molecule is COc1cc(C=CCO)cc(OC)c1OC1OC(CO)C(O)C(OC2OCC(O)(OC)C2O)C1O. The number of ether oxygens (including phenoxy) is 7. The van der Waals surface area contributed by atoms with Crippen molar-refractivity contribution < 1.29 is 63.8 Å². The van der Waals surface area contributed by atoms with Crippen molar-refractivity contribution in [1.29, 1.82) is 0 Å². The van der Waals surface area contributed by atoms with Crippen LogP contribution in [0.3, 0.4) is 0 Å². The molecule has 2 aliphatic rings. The molecule has 0 bridgehead atoms. The van der Waals surface area contributed by atoms with E-state index in [-0.39, 0.29) is 23.9 Å². The molecule has 6 N–H and O–H groups in total. The van der Waals surface area contributed by atoms with E-state index in [1.165, 1.54) is 27.4 Å². The van der Waals surface area contributed by atoms with Crippen LogP contribution in [0.4, 0.5) is 0 Å². The van der Waals surface area contributed by atoms with E-state index in [0.29, 0.717) is 5.56 Å². The second-order valence-electron chi connectivity index (χ2n) is 7.94. The first-order chi connectivity index (χ1) is 16.7. The molecule has 8 atom stereocenters. The Labute approximate surface area is 201 Å². The van der Waals surface area contributed by atoms with Gasteiger partial charge < -0.3 is 63.8 Å². The highest BCUT2D eigenvalue weighted by Crippen LogP contribution is 2.41. The van der Waals surface area contributed by atoms with Crippen molar-refractivity contribution >= 4 is 6.08 Å². The van der Waals surface area contributed by atoms with Gasteiger partial charge in [-0.2, -0.15) is 0 Å². The Kier molecular flexibility index (Phi) is 9.28. The Morgan fingerprint density at radius 1 is 1.03 bits per heavy atom. The molecular weight excluding hydrogens is 472 g/mol. The van der Waals surface area contributed by atoms with Crippen molar-refractivity contribution in [3.63, 3.8) is 0 Å². The van der Waals surface area contributed by atoms with E-state index in [9.17, 15) is 25.5 Å². The van der Waals surface area contributed by atoms with Gasteiger partial charge in [-0.3, -0.25) is 0 Å². The molecule has 2 saturated heterocycles. The molecular formula is C22H32O13. The lowest BCUT2D eigenvalue weighted by atomic mass is 9.98. The Morgan fingerprint density at radius 2 is 1.69 bits per heavy atom. The predicted molar refractivity (Wildman–Crippen MR) is 117 cm³/mol. The zero-order valence-corrected chi connectivity index (χ0v) is 19.5. The normalized spacial score (nSPS) is 35.4. The summed E-state index contributed by atoms with van der Waals surface area (Å²) in [5.74, 6) is -1.56. The van der Waals surface area contributed by atoms with Crippen LogP contribution in [0.1, 0.15) is 5.56 Å². The summed E-state index contributed by atoms with van der Waals surface area (Å²) in [4.78, 5) is 0. The third kappa shape index (κ3) is 5.70. The summed E-state index contributed by atoms with van der Waals surface area (Å²) in [6.07, 6.45) is -7.35. The van der Waals surface area contributed by atoms with Gasteiger partial charge in [-0.05, 0) is 17.7 Å². The van der Waals surface area contributed by atoms with Crippen LogP contribution in [0.15, 0.2) is 18.2 Å². The quantitative estimate of drug-likeness (QED) is 0.192. The molecule has 198 valence electrons. The monoisotopic (exact) mass is 504 g/mol. The molecule has 0 radical (unpaired) electrons. The first-order valence-electron chi connectivity index (χ1n) is 10.8. The standard InChI is InChI=1S/C22H32O13/c1-29-12-7-11(5-4-6-23)8-13(30-2)17(12)34-20-16(26)18(15(25)14(9-24)33-20)35-21-19(27)22(28,31-3)10-32-21/h4-5,7-8,14-16,18-21,23-28H,6,9-10H2,1-3H3. The first kappa shape index (κ1) is 27.5. The van der Waals surface area contributed by atoms with E-state index in [4.69, 9.17) is 38.3 Å². The third-order valence-corrected chi connectivity index (χ3v) is 5.77. The van der Waals surface area contributed by atoms with Crippen LogP contribution in [-0.2, 0) is 18.9 Å². The van der Waals surface area contributed by atoms with E-state index in [2.05, 4.69) is 0 Å². The molecule has 35 heavy (non-hydrogen) atoms. The predicted octanol–water partition coefficient (Wildman–Crippen LogP) is -2.04. The van der Waals surface area contributed by atoms with Crippen LogP contribution in [0.25, 0.3) is 6.08 Å². The van der Waals surface area contributed by atoms with Crippen molar-refractivity contribution in [1.82, 2.24) is 0 Å². The van der Waals surface area contributed by atoms with E-state index < -0.39 is 62.1 Å². The summed E-state index contributed by atoms with van der Waals surface area (Å²) in [7, 11) is 3.95. The van der Waals surface area contributed by atoms with Gasteiger partial charge in [-0.25, -0.2) is 0 Å². The molecule has 3 rings (SSSR count). The van der Waals surface area contributed by atoms with Gasteiger partial charge in [-0.1, -0.05) is 12.2 Å². The fourth-order valence-electron chi connectivity index (χ4n) is 3.77. The van der Waals surface area contributed by atoms with E-state index in [0.717, 1.165) is 0 Å². The summed E-state index contributed by atoms with van der Waals surface area (Å²) in [5.41, 5.74) is 0.632. The van der Waals surface area contributed by atoms with Gasteiger partial charge in [0.05, 0.1) is 27.4 Å². The van der Waals surface area contributed by atoms with E-state index in [1.807, 2.05) is 0 Å². The number of rotatable bonds is 10. The van der Waals surface area contributed by atoms with Gasteiger partial charge >= 0.3 is 0 Å². The Balaban J connectivity index is 1.86. The lowest BCUT2D eigenvalue weighted by Gasteiger charge is -2.42. The van der Waals surface area contributed by atoms with Gasteiger partial charge in [0.2, 0.25) is 17.8 Å². The number of aliphatic hydroxyl groups is 6. The minimum atomic E-state index is -2.04. The summed E-state index contributed by atoms with van der Waals surface area (Å²) >= 11 is 0. The lowest BCUT2D eigenvalue weighted by Crippen LogP contribution is -2.62. The minimum absolute atomic E-state index is 0.0536. The van der Waals surface area contributed by atoms with Crippen LogP contribution < -0.4 is 14.2 Å². The molecule has 2 fully saturated rings. The van der Waals surface area contributed by atoms with Crippen LogP contribution in [-0.4, -0.2) is 121 Å². The first-order valence-corrected chi connectivity index (χ1v) is 10.8. The van der Waals surface area contributed by atoms with Crippen molar-refractivity contribution in [3.05, 3.63) is 23.8 Å². The molecule has 0 spiro atoms. The fourth-order valence-corrected chi connectivity index (χ4v) is 3.77. The highest BCUT2D eigenvalue weighted by Gasteiger charge is 2.54. The topological polar surface area (TPSA) is 186 Å². The zero-order valence-electron chi connectivity index (χ0n) is 19.5. The van der Waals surface area contributed by atoms with Gasteiger partial charge in [0.1, 0.15) is 31.0 Å². The highest BCUT2D eigenvalue weighted by molar-refractivity contribution is 5.62. The fraction of sp³-hybridized carbons (Fsp3) is 0.636. The molecule has 1 aromatic rings. The molecule has 0 aliphatic carbocycles. The average Bonchev–Trinajstić information content (AvgIpc) is 3.15. The molecule has 2 heterocycles. The molecule has 13 heteroatoms. The largest absolute Gasteiger partial charge is 0.493 e. The molecule has 8 unspecified atom stereocenters. The van der Waals surface area contributed by atoms with Crippen LogP contribution >= 0.6 is 0 Å². The second-order valence-corrected chi connectivity index (χ2v) is 7.94. The second kappa shape index (κ2) is 11.8. The van der Waals surface area contributed by atoms with Crippen molar-refractivity contribution in [2.75, 3.05) is 41.2 Å². The zero-order chi connectivity index (χ0) is 25.8. The summed E-state index contributed by atoms with van der Waals surface area (Å²) in [5, 5.41) is 60.8. The summed E-state index contributed by atoms with van der Waals surface area (Å²) in [6, 6.07) is 3.19. The Morgan fingerprint density at radius 3 is 2.20 bits per heavy atom. The van der Waals surface area contributed by atoms with Crippen LogP contribution in [0, 0.1) is 0 Å². The highest BCUT2D eigenvalue weighted by atomic mass is 16.8.